The van der Waals surface area contributed by atoms with Crippen LogP contribution in [0.15, 0.2) is 69.8 Å². The van der Waals surface area contributed by atoms with E-state index in [2.05, 4.69) is 15.3 Å². The lowest BCUT2D eigenvalue weighted by Gasteiger charge is -2.29. The van der Waals surface area contributed by atoms with E-state index >= 15 is 0 Å². The monoisotopic (exact) mass is 483 g/mol. The van der Waals surface area contributed by atoms with E-state index in [1.807, 2.05) is 0 Å². The third-order valence-corrected chi connectivity index (χ3v) is 6.23. The molecule has 0 amide bonds. The van der Waals surface area contributed by atoms with Gasteiger partial charge in [0.2, 0.25) is 0 Å². The molecule has 1 aliphatic rings. The van der Waals surface area contributed by atoms with Crippen LogP contribution in [0.1, 0.15) is 43.4 Å². The van der Waals surface area contributed by atoms with Gasteiger partial charge in [0, 0.05) is 11.4 Å². The van der Waals surface area contributed by atoms with E-state index in [1.54, 1.807) is 39.0 Å². The maximum absolute atomic E-state index is 14.0. The van der Waals surface area contributed by atoms with Gasteiger partial charge in [-0.2, -0.15) is 0 Å². The number of nitrogens with one attached hydrogen (secondary N) is 2. The number of hydrogen-bond acceptors (Lipinski definition) is 6. The molecule has 3 aromatic rings. The number of nitrogens with zero attached hydrogens (tertiary/aromatic N) is 1. The molecule has 2 aromatic carbocycles. The Morgan fingerprint density at radius 1 is 1.15 bits per heavy atom. The Bertz CT molecular complexity index is 1320. The predicted octanol–water partition coefficient (Wildman–Crippen LogP) is 5.12. The number of benzene rings is 2. The van der Waals surface area contributed by atoms with E-state index in [4.69, 9.17) is 4.74 Å². The van der Waals surface area contributed by atoms with Gasteiger partial charge < -0.3 is 15.0 Å². The van der Waals surface area contributed by atoms with Crippen LogP contribution >= 0.6 is 11.8 Å². The molecule has 6 nitrogen and oxygen atoms in total. The molecule has 0 spiro atoms. The molecule has 1 aromatic heterocycles. The summed E-state index contributed by atoms with van der Waals surface area (Å²) in [5.41, 5.74) is 1.55. The van der Waals surface area contributed by atoms with Crippen molar-refractivity contribution >= 4 is 23.5 Å². The van der Waals surface area contributed by atoms with Crippen molar-refractivity contribution in [2.24, 2.45) is 0 Å². The molecule has 2 heterocycles. The zero-order valence-corrected chi connectivity index (χ0v) is 19.6. The summed E-state index contributed by atoms with van der Waals surface area (Å²) in [4.78, 5) is 33.5. The second-order valence-corrected chi connectivity index (χ2v) is 9.08. The number of ether oxygens (including phenoxy) is 1. The van der Waals surface area contributed by atoms with Gasteiger partial charge in [-0.3, -0.25) is 4.79 Å². The van der Waals surface area contributed by atoms with Crippen LogP contribution < -0.4 is 10.9 Å². The highest BCUT2D eigenvalue weighted by atomic mass is 32.2. The number of aromatic amines is 1. The van der Waals surface area contributed by atoms with E-state index in [0.29, 0.717) is 22.0 Å². The van der Waals surface area contributed by atoms with Gasteiger partial charge in [0.1, 0.15) is 17.5 Å². The highest BCUT2D eigenvalue weighted by Crippen LogP contribution is 2.40. The minimum absolute atomic E-state index is 0.225. The van der Waals surface area contributed by atoms with Gasteiger partial charge in [-0.15, -0.1) is 0 Å². The van der Waals surface area contributed by atoms with Crippen molar-refractivity contribution in [3.05, 3.63) is 98.5 Å². The molecule has 0 bridgehead atoms. The number of H-pyrrole nitrogens is 1. The van der Waals surface area contributed by atoms with Crippen LogP contribution in [0, 0.1) is 11.6 Å². The Kier molecular flexibility index (Phi) is 6.83. The molecule has 1 aliphatic heterocycles. The Labute approximate surface area is 199 Å². The largest absolute Gasteiger partial charge is 0.460 e. The van der Waals surface area contributed by atoms with Gasteiger partial charge in [0.15, 0.2) is 5.16 Å². The van der Waals surface area contributed by atoms with Crippen molar-refractivity contribution in [3.8, 4) is 0 Å². The third kappa shape index (κ3) is 4.89. The van der Waals surface area contributed by atoms with Crippen molar-refractivity contribution in [3.63, 3.8) is 0 Å². The average molecular weight is 484 g/mol. The standard InChI is InChI=1S/C25H23F2N3O3S/c1-13(2)33-24(32)19-14(3)28-22-21(20(19)15-8-10-17(26)11-9-15)23(31)30-25(29-22)34-12-16-6-4-5-7-18(16)27/h4-11,13,20H,12H2,1-3H3,(H2,28,29,30,31). The lowest BCUT2D eigenvalue weighted by Crippen LogP contribution is -2.31. The zero-order chi connectivity index (χ0) is 24.4. The number of hydrogen-bond donors (Lipinski definition) is 2. The van der Waals surface area contributed by atoms with Crippen LogP contribution in [0.25, 0.3) is 0 Å². The van der Waals surface area contributed by atoms with Crippen LogP contribution in [0.4, 0.5) is 14.6 Å². The van der Waals surface area contributed by atoms with E-state index in [9.17, 15) is 18.4 Å². The van der Waals surface area contributed by atoms with Crippen molar-refractivity contribution < 1.29 is 18.3 Å². The van der Waals surface area contributed by atoms with Crippen molar-refractivity contribution in [2.45, 2.75) is 43.7 Å². The van der Waals surface area contributed by atoms with Gasteiger partial charge in [-0.05, 0) is 50.1 Å². The van der Waals surface area contributed by atoms with Crippen LogP contribution in [0.2, 0.25) is 0 Å². The highest BCUT2D eigenvalue weighted by Gasteiger charge is 2.36. The van der Waals surface area contributed by atoms with Gasteiger partial charge in [-0.25, -0.2) is 18.6 Å². The average Bonchev–Trinajstić information content (AvgIpc) is 2.77. The predicted molar refractivity (Wildman–Crippen MR) is 127 cm³/mol. The number of halogens is 2. The number of thioether (sulfide) groups is 1. The van der Waals surface area contributed by atoms with E-state index in [-0.39, 0.29) is 34.6 Å². The molecule has 2 N–H and O–H groups in total. The van der Waals surface area contributed by atoms with Gasteiger partial charge in [0.25, 0.3) is 5.56 Å². The number of esters is 1. The van der Waals surface area contributed by atoms with Gasteiger partial charge >= 0.3 is 5.97 Å². The molecular weight excluding hydrogens is 460 g/mol. The molecule has 0 saturated carbocycles. The summed E-state index contributed by atoms with van der Waals surface area (Å²) >= 11 is 1.19. The smallest absolute Gasteiger partial charge is 0.337 e. The molecule has 1 unspecified atom stereocenters. The maximum Gasteiger partial charge on any atom is 0.337 e. The maximum atomic E-state index is 14.0. The fraction of sp³-hybridized carbons (Fsp3) is 0.240. The van der Waals surface area contributed by atoms with Crippen LogP contribution in [0.3, 0.4) is 0 Å². The minimum atomic E-state index is -0.801. The zero-order valence-electron chi connectivity index (χ0n) is 18.8. The van der Waals surface area contributed by atoms with Gasteiger partial charge in [-0.1, -0.05) is 42.1 Å². The molecule has 4 rings (SSSR count). The fourth-order valence-electron chi connectivity index (χ4n) is 3.80. The number of rotatable bonds is 6. The van der Waals surface area contributed by atoms with Crippen molar-refractivity contribution in [1.29, 1.82) is 0 Å². The summed E-state index contributed by atoms with van der Waals surface area (Å²) in [6.45, 7) is 5.17. The number of carbonyl (C=O) groups is 1. The Balaban J connectivity index is 1.76. The summed E-state index contributed by atoms with van der Waals surface area (Å²) in [7, 11) is 0. The number of fused-ring (bicyclic) bond motifs is 1. The van der Waals surface area contributed by atoms with E-state index in [1.165, 1.54) is 42.1 Å². The molecule has 0 radical (unpaired) electrons. The quantitative estimate of drug-likeness (QED) is 0.288. The molecule has 0 saturated heterocycles. The Morgan fingerprint density at radius 2 is 1.85 bits per heavy atom. The minimum Gasteiger partial charge on any atom is -0.460 e. The fourth-order valence-corrected chi connectivity index (χ4v) is 4.64. The Hall–Kier alpha value is -3.46. The number of carbonyl (C=O) groups excluding carboxylic acids is 1. The molecule has 0 aliphatic carbocycles. The first kappa shape index (κ1) is 23.7. The molecular formula is C25H23F2N3O3S. The lowest BCUT2D eigenvalue weighted by molar-refractivity contribution is -0.143. The molecule has 34 heavy (non-hydrogen) atoms. The topological polar surface area (TPSA) is 84.1 Å². The number of anilines is 1. The Morgan fingerprint density at radius 3 is 2.53 bits per heavy atom. The summed E-state index contributed by atoms with van der Waals surface area (Å²) in [6, 6.07) is 12.0. The summed E-state index contributed by atoms with van der Waals surface area (Å²) < 4.78 is 33.0. The SMILES string of the molecule is CC1=C(C(=O)OC(C)C)C(c2ccc(F)cc2)c2c(nc(SCc3ccccc3F)[nH]c2=O)N1. The van der Waals surface area contributed by atoms with E-state index in [0.717, 1.165) is 0 Å². The normalized spacial score (nSPS) is 15.2. The van der Waals surface area contributed by atoms with Crippen molar-refractivity contribution in [1.82, 2.24) is 9.97 Å². The first-order valence-corrected chi connectivity index (χ1v) is 11.7. The highest BCUT2D eigenvalue weighted by molar-refractivity contribution is 7.98. The van der Waals surface area contributed by atoms with Crippen LogP contribution in [0.5, 0.6) is 0 Å². The first-order valence-electron chi connectivity index (χ1n) is 10.7. The van der Waals surface area contributed by atoms with Crippen molar-refractivity contribution in [2.75, 3.05) is 5.32 Å². The molecule has 176 valence electrons. The third-order valence-electron chi connectivity index (χ3n) is 5.31. The number of allylic oxidation sites excluding steroid dienone is 1. The van der Waals surface area contributed by atoms with Crippen LogP contribution in [-0.4, -0.2) is 22.0 Å². The second-order valence-electron chi connectivity index (χ2n) is 8.12. The molecule has 1 atom stereocenters. The molecule has 0 fully saturated rings. The summed E-state index contributed by atoms with van der Waals surface area (Å²) in [5, 5.41) is 3.36. The first-order chi connectivity index (χ1) is 16.2. The summed E-state index contributed by atoms with van der Waals surface area (Å²) in [6.07, 6.45) is -0.364. The van der Waals surface area contributed by atoms with E-state index < -0.39 is 23.3 Å². The summed E-state index contributed by atoms with van der Waals surface area (Å²) in [5.74, 6) is -1.58. The lowest BCUT2D eigenvalue weighted by atomic mass is 9.82. The van der Waals surface area contributed by atoms with Crippen LogP contribution in [-0.2, 0) is 15.3 Å². The number of aromatic nitrogens is 2. The molecule has 9 heteroatoms. The second kappa shape index (κ2) is 9.80. The van der Waals surface area contributed by atoms with Gasteiger partial charge in [0.05, 0.1) is 23.2 Å².